The summed E-state index contributed by atoms with van der Waals surface area (Å²) in [5.74, 6) is 0.511. The summed E-state index contributed by atoms with van der Waals surface area (Å²) in [5.41, 5.74) is 1.99. The van der Waals surface area contributed by atoms with Gasteiger partial charge in [0.2, 0.25) is 0 Å². The molecule has 0 radical (unpaired) electrons. The van der Waals surface area contributed by atoms with Gasteiger partial charge in [0.25, 0.3) is 5.91 Å². The molecular formula is C25H27NO4S2. The molecule has 0 aliphatic carbocycles. The second-order valence-electron chi connectivity index (χ2n) is 7.30. The maximum absolute atomic E-state index is 12.8. The van der Waals surface area contributed by atoms with Gasteiger partial charge in [0.1, 0.15) is 16.7 Å². The van der Waals surface area contributed by atoms with E-state index in [1.165, 1.54) is 11.8 Å². The summed E-state index contributed by atoms with van der Waals surface area (Å²) < 4.78 is 11.4. The first-order valence-electron chi connectivity index (χ1n) is 10.7. The summed E-state index contributed by atoms with van der Waals surface area (Å²) in [6.07, 6.45) is 4.65. The zero-order valence-corrected chi connectivity index (χ0v) is 19.8. The van der Waals surface area contributed by atoms with Crippen molar-refractivity contribution in [2.75, 3.05) is 13.2 Å². The van der Waals surface area contributed by atoms with Gasteiger partial charge in [-0.15, -0.1) is 0 Å². The molecule has 1 aliphatic heterocycles. The minimum atomic E-state index is -0.170. The van der Waals surface area contributed by atoms with Crippen molar-refractivity contribution in [2.24, 2.45) is 0 Å². The molecule has 1 aliphatic rings. The monoisotopic (exact) mass is 469 g/mol. The van der Waals surface area contributed by atoms with Crippen molar-refractivity contribution in [3.63, 3.8) is 0 Å². The summed E-state index contributed by atoms with van der Waals surface area (Å²) in [7, 11) is 0. The van der Waals surface area contributed by atoms with E-state index >= 15 is 0 Å². The number of hydrogen-bond donors (Lipinski definition) is 0. The molecule has 0 spiro atoms. The average Bonchev–Trinajstić information content (AvgIpc) is 3.06. The fourth-order valence-corrected chi connectivity index (χ4v) is 4.54. The number of thioether (sulfide) groups is 1. The molecular weight excluding hydrogens is 442 g/mol. The van der Waals surface area contributed by atoms with Gasteiger partial charge in [-0.1, -0.05) is 72.9 Å². The lowest BCUT2D eigenvalue weighted by Gasteiger charge is -2.14. The smallest absolute Gasteiger partial charge is 0.305 e. The third-order valence-corrected chi connectivity index (χ3v) is 6.22. The van der Waals surface area contributed by atoms with Crippen LogP contribution in [0.1, 0.15) is 43.7 Å². The molecule has 5 nitrogen and oxygen atoms in total. The number of amides is 1. The number of carbonyl (C=O) groups is 2. The molecule has 1 heterocycles. The van der Waals surface area contributed by atoms with Crippen molar-refractivity contribution < 1.29 is 19.1 Å². The van der Waals surface area contributed by atoms with Crippen molar-refractivity contribution in [3.05, 3.63) is 70.6 Å². The van der Waals surface area contributed by atoms with Gasteiger partial charge in [-0.05, 0) is 49.1 Å². The molecule has 168 valence electrons. The first-order chi connectivity index (χ1) is 15.6. The molecule has 0 N–H and O–H groups in total. The zero-order valence-electron chi connectivity index (χ0n) is 18.1. The van der Waals surface area contributed by atoms with Crippen LogP contribution in [0.25, 0.3) is 6.08 Å². The maximum atomic E-state index is 12.8. The lowest BCUT2D eigenvalue weighted by atomic mass is 10.2. The van der Waals surface area contributed by atoms with Gasteiger partial charge >= 0.3 is 5.97 Å². The summed E-state index contributed by atoms with van der Waals surface area (Å²) in [6, 6.07) is 17.7. The molecule has 32 heavy (non-hydrogen) atoms. The van der Waals surface area contributed by atoms with Gasteiger partial charge in [-0.25, -0.2) is 0 Å². The number of carbonyl (C=O) groups excluding carboxylic acids is 2. The lowest BCUT2D eigenvalue weighted by Crippen LogP contribution is -2.29. The molecule has 2 aromatic carbocycles. The highest BCUT2D eigenvalue weighted by molar-refractivity contribution is 8.26. The molecule has 0 bridgehead atoms. The molecule has 1 amide bonds. The van der Waals surface area contributed by atoms with Crippen LogP contribution in [0.15, 0.2) is 59.5 Å². The third kappa shape index (κ3) is 7.21. The Balaban J connectivity index is 1.52. The van der Waals surface area contributed by atoms with Crippen LogP contribution in [-0.2, 0) is 20.9 Å². The number of esters is 1. The van der Waals surface area contributed by atoms with E-state index in [0.717, 1.165) is 36.1 Å². The summed E-state index contributed by atoms with van der Waals surface area (Å²) >= 11 is 6.74. The van der Waals surface area contributed by atoms with Gasteiger partial charge in [-0.3, -0.25) is 14.5 Å². The normalized spacial score (nSPS) is 14.8. The third-order valence-electron chi connectivity index (χ3n) is 4.85. The maximum Gasteiger partial charge on any atom is 0.305 e. The summed E-state index contributed by atoms with van der Waals surface area (Å²) in [5, 5.41) is 0. The summed E-state index contributed by atoms with van der Waals surface area (Å²) in [6.45, 7) is 3.26. The number of benzene rings is 2. The Bertz CT molecular complexity index is 975. The largest absolute Gasteiger partial charge is 0.489 e. The van der Waals surface area contributed by atoms with Crippen LogP contribution < -0.4 is 4.74 Å². The van der Waals surface area contributed by atoms with Gasteiger partial charge < -0.3 is 9.47 Å². The van der Waals surface area contributed by atoms with E-state index in [0.29, 0.717) is 35.4 Å². The van der Waals surface area contributed by atoms with E-state index in [-0.39, 0.29) is 11.9 Å². The fourth-order valence-electron chi connectivity index (χ4n) is 3.23. The van der Waals surface area contributed by atoms with E-state index in [2.05, 4.69) is 0 Å². The molecule has 2 aromatic rings. The Labute approximate surface area is 198 Å². The molecule has 0 saturated carbocycles. The standard InChI is InChI=1S/C25H27NO4S2/c1-2-29-23(27)14-7-4-8-15-26-24(28)22(32-25(26)31)17-20-12-9-13-21(16-20)30-18-19-10-5-3-6-11-19/h3,5-6,9-13,16-17H,2,4,7-8,14-15,18H2,1H3/b22-17-. The van der Waals surface area contributed by atoms with E-state index in [4.69, 9.17) is 21.7 Å². The molecule has 0 aromatic heterocycles. The van der Waals surface area contributed by atoms with E-state index in [1.807, 2.05) is 60.7 Å². The first kappa shape index (κ1) is 24.0. The van der Waals surface area contributed by atoms with Crippen LogP contribution in [-0.4, -0.2) is 34.2 Å². The minimum Gasteiger partial charge on any atom is -0.489 e. The van der Waals surface area contributed by atoms with Crippen LogP contribution in [0.5, 0.6) is 5.75 Å². The molecule has 7 heteroatoms. The molecule has 0 unspecified atom stereocenters. The van der Waals surface area contributed by atoms with Crippen molar-refractivity contribution in [3.8, 4) is 5.75 Å². The number of thiocarbonyl (C=S) groups is 1. The van der Waals surface area contributed by atoms with Crippen LogP contribution in [0.2, 0.25) is 0 Å². The van der Waals surface area contributed by atoms with Gasteiger partial charge in [-0.2, -0.15) is 0 Å². The SMILES string of the molecule is CCOC(=O)CCCCCN1C(=O)/C(=C/c2cccc(OCc3ccccc3)c2)SC1=S. The predicted molar refractivity (Wildman–Crippen MR) is 132 cm³/mol. The van der Waals surface area contributed by atoms with Gasteiger partial charge in [0, 0.05) is 13.0 Å². The molecule has 1 saturated heterocycles. The van der Waals surface area contributed by atoms with Gasteiger partial charge in [0.15, 0.2) is 0 Å². The minimum absolute atomic E-state index is 0.0685. The highest BCUT2D eigenvalue weighted by atomic mass is 32.2. The average molecular weight is 470 g/mol. The second kappa shape index (κ2) is 12.4. The van der Waals surface area contributed by atoms with Crippen molar-refractivity contribution in [1.29, 1.82) is 0 Å². The zero-order chi connectivity index (χ0) is 22.8. The quantitative estimate of drug-likeness (QED) is 0.185. The Morgan fingerprint density at radius 2 is 1.91 bits per heavy atom. The van der Waals surface area contributed by atoms with Gasteiger partial charge in [0.05, 0.1) is 11.5 Å². The molecule has 3 rings (SSSR count). The lowest BCUT2D eigenvalue weighted by molar-refractivity contribution is -0.143. The Kier molecular flexibility index (Phi) is 9.31. The Hall–Kier alpha value is -2.64. The van der Waals surface area contributed by atoms with E-state index in [1.54, 1.807) is 11.8 Å². The number of rotatable bonds is 11. The highest BCUT2D eigenvalue weighted by Gasteiger charge is 2.31. The van der Waals surface area contributed by atoms with Crippen molar-refractivity contribution >= 4 is 46.3 Å². The van der Waals surface area contributed by atoms with Crippen molar-refractivity contribution in [1.82, 2.24) is 4.90 Å². The van der Waals surface area contributed by atoms with E-state index in [9.17, 15) is 9.59 Å². The number of hydrogen-bond acceptors (Lipinski definition) is 6. The van der Waals surface area contributed by atoms with Crippen LogP contribution in [0, 0.1) is 0 Å². The van der Waals surface area contributed by atoms with Crippen molar-refractivity contribution in [2.45, 2.75) is 39.2 Å². The highest BCUT2D eigenvalue weighted by Crippen LogP contribution is 2.33. The number of nitrogens with zero attached hydrogens (tertiary/aromatic N) is 1. The Morgan fingerprint density at radius 3 is 2.69 bits per heavy atom. The molecule has 1 fully saturated rings. The fraction of sp³-hybridized carbons (Fsp3) is 0.320. The molecule has 0 atom stereocenters. The van der Waals surface area contributed by atoms with E-state index < -0.39 is 0 Å². The van der Waals surface area contributed by atoms with Crippen LogP contribution in [0.4, 0.5) is 0 Å². The number of ether oxygens (including phenoxy) is 2. The summed E-state index contributed by atoms with van der Waals surface area (Å²) in [4.78, 5) is 26.5. The first-order valence-corrected chi connectivity index (χ1v) is 12.0. The second-order valence-corrected chi connectivity index (χ2v) is 8.97. The van der Waals surface area contributed by atoms with Crippen LogP contribution in [0.3, 0.4) is 0 Å². The number of unbranched alkanes of at least 4 members (excludes halogenated alkanes) is 2. The topological polar surface area (TPSA) is 55.8 Å². The van der Waals surface area contributed by atoms with Crippen LogP contribution >= 0.6 is 24.0 Å². The predicted octanol–water partition coefficient (Wildman–Crippen LogP) is 5.59. The Morgan fingerprint density at radius 1 is 1.09 bits per heavy atom.